The number of nitrogens with two attached hydrogens (primary N) is 1. The predicted octanol–water partition coefficient (Wildman–Crippen LogP) is 4.14. The smallest absolute Gasteiger partial charge is 0.263 e. The molecular formula is C12H9BrCl2N2O2S. The topological polar surface area (TPSA) is 72.2 Å². The van der Waals surface area contributed by atoms with Gasteiger partial charge in [0.25, 0.3) is 10.0 Å². The van der Waals surface area contributed by atoms with Crippen LogP contribution in [0.15, 0.2) is 45.8 Å². The van der Waals surface area contributed by atoms with Crippen LogP contribution in [0.2, 0.25) is 10.0 Å². The zero-order valence-electron chi connectivity index (χ0n) is 9.90. The number of hydrogen-bond donors (Lipinski definition) is 2. The fraction of sp³-hybridized carbons (Fsp3) is 0. The summed E-state index contributed by atoms with van der Waals surface area (Å²) in [4.78, 5) is 0.0310. The molecule has 2 aromatic rings. The molecule has 20 heavy (non-hydrogen) atoms. The summed E-state index contributed by atoms with van der Waals surface area (Å²) < 4.78 is 27.4. The van der Waals surface area contributed by atoms with Crippen LogP contribution in [0.5, 0.6) is 0 Å². The highest BCUT2D eigenvalue weighted by molar-refractivity contribution is 9.10. The molecule has 0 atom stereocenters. The van der Waals surface area contributed by atoms with Crippen molar-refractivity contribution in [3.05, 3.63) is 50.9 Å². The largest absolute Gasteiger partial charge is 0.399 e. The number of rotatable bonds is 3. The van der Waals surface area contributed by atoms with Crippen LogP contribution in [0, 0.1) is 0 Å². The van der Waals surface area contributed by atoms with Crippen molar-refractivity contribution in [2.24, 2.45) is 0 Å². The predicted molar refractivity (Wildman–Crippen MR) is 85.8 cm³/mol. The van der Waals surface area contributed by atoms with E-state index in [1.807, 2.05) is 0 Å². The van der Waals surface area contributed by atoms with E-state index in [4.69, 9.17) is 28.9 Å². The van der Waals surface area contributed by atoms with E-state index in [-0.39, 0.29) is 15.6 Å². The minimum atomic E-state index is -3.81. The highest BCUT2D eigenvalue weighted by atomic mass is 79.9. The van der Waals surface area contributed by atoms with Crippen LogP contribution in [0.4, 0.5) is 11.4 Å². The third-order valence-electron chi connectivity index (χ3n) is 2.42. The summed E-state index contributed by atoms with van der Waals surface area (Å²) >= 11 is 14.9. The van der Waals surface area contributed by atoms with Gasteiger partial charge in [-0.25, -0.2) is 8.42 Å². The Kier molecular flexibility index (Phi) is 4.49. The van der Waals surface area contributed by atoms with Crippen molar-refractivity contribution in [3.8, 4) is 0 Å². The zero-order chi connectivity index (χ0) is 14.9. The van der Waals surface area contributed by atoms with Gasteiger partial charge in [0.2, 0.25) is 0 Å². The standard InChI is InChI=1S/C12H9BrCl2N2O2S/c13-9-3-2-8(16)6-12(9)20(18,19)17-11-4-1-7(14)5-10(11)15/h1-6,17H,16H2. The Morgan fingerprint density at radius 3 is 2.45 bits per heavy atom. The van der Waals surface area contributed by atoms with E-state index >= 15 is 0 Å². The van der Waals surface area contributed by atoms with Gasteiger partial charge in [0.15, 0.2) is 0 Å². The molecule has 2 rings (SSSR count). The molecular weight excluding hydrogens is 387 g/mol. The second-order valence-corrected chi connectivity index (χ2v) is 7.27. The number of anilines is 2. The van der Waals surface area contributed by atoms with Crippen LogP contribution in [0.25, 0.3) is 0 Å². The van der Waals surface area contributed by atoms with Crippen LogP contribution in [-0.2, 0) is 10.0 Å². The second-order valence-electron chi connectivity index (χ2n) is 3.92. The van der Waals surface area contributed by atoms with Gasteiger partial charge >= 0.3 is 0 Å². The Hall–Kier alpha value is -0.950. The first-order chi connectivity index (χ1) is 9.29. The zero-order valence-corrected chi connectivity index (χ0v) is 13.8. The summed E-state index contributed by atoms with van der Waals surface area (Å²) in [6.07, 6.45) is 0. The molecule has 0 amide bonds. The summed E-state index contributed by atoms with van der Waals surface area (Å²) in [5.74, 6) is 0. The molecule has 0 aromatic heterocycles. The fourth-order valence-corrected chi connectivity index (χ4v) is 4.09. The summed E-state index contributed by atoms with van der Waals surface area (Å²) in [7, 11) is -3.81. The van der Waals surface area contributed by atoms with Crippen LogP contribution in [-0.4, -0.2) is 8.42 Å². The molecule has 3 N–H and O–H groups in total. The molecule has 0 aliphatic heterocycles. The van der Waals surface area contributed by atoms with E-state index in [2.05, 4.69) is 20.7 Å². The number of sulfonamides is 1. The first kappa shape index (κ1) is 15.4. The van der Waals surface area contributed by atoms with E-state index in [1.165, 1.54) is 18.2 Å². The van der Waals surface area contributed by atoms with Gasteiger partial charge in [-0.2, -0.15) is 0 Å². The minimum absolute atomic E-state index is 0.0310. The van der Waals surface area contributed by atoms with E-state index in [9.17, 15) is 8.42 Å². The highest BCUT2D eigenvalue weighted by Gasteiger charge is 2.19. The molecule has 4 nitrogen and oxygen atoms in total. The molecule has 0 saturated heterocycles. The van der Waals surface area contributed by atoms with Gasteiger partial charge in [-0.15, -0.1) is 0 Å². The molecule has 2 aromatic carbocycles. The lowest BCUT2D eigenvalue weighted by atomic mass is 10.3. The van der Waals surface area contributed by atoms with Crippen molar-refractivity contribution in [1.29, 1.82) is 0 Å². The molecule has 106 valence electrons. The van der Waals surface area contributed by atoms with Gasteiger partial charge in [-0.05, 0) is 52.3 Å². The van der Waals surface area contributed by atoms with Crippen LogP contribution in [0.3, 0.4) is 0 Å². The first-order valence-electron chi connectivity index (χ1n) is 5.32. The van der Waals surface area contributed by atoms with Crippen molar-refractivity contribution in [1.82, 2.24) is 0 Å². The SMILES string of the molecule is Nc1ccc(Br)c(S(=O)(=O)Nc2ccc(Cl)cc2Cl)c1. The van der Waals surface area contributed by atoms with Crippen molar-refractivity contribution in [2.45, 2.75) is 4.90 Å². The van der Waals surface area contributed by atoms with Gasteiger partial charge in [0.05, 0.1) is 10.7 Å². The monoisotopic (exact) mass is 394 g/mol. The lowest BCUT2D eigenvalue weighted by molar-refractivity contribution is 0.601. The third kappa shape index (κ3) is 3.38. The third-order valence-corrected chi connectivity index (χ3v) is 5.33. The quantitative estimate of drug-likeness (QED) is 0.767. The van der Waals surface area contributed by atoms with E-state index in [1.54, 1.807) is 18.2 Å². The molecule has 8 heteroatoms. The lowest BCUT2D eigenvalue weighted by Crippen LogP contribution is -2.14. The molecule has 0 saturated carbocycles. The van der Waals surface area contributed by atoms with E-state index in [0.717, 1.165) is 0 Å². The first-order valence-corrected chi connectivity index (χ1v) is 8.36. The lowest BCUT2D eigenvalue weighted by Gasteiger charge is -2.11. The summed E-state index contributed by atoms with van der Waals surface area (Å²) in [5.41, 5.74) is 6.20. The van der Waals surface area contributed by atoms with Crippen molar-refractivity contribution < 1.29 is 8.42 Å². The minimum Gasteiger partial charge on any atom is -0.399 e. The Morgan fingerprint density at radius 1 is 1.10 bits per heavy atom. The maximum absolute atomic E-state index is 12.3. The average Bonchev–Trinajstić information content (AvgIpc) is 2.35. The summed E-state index contributed by atoms with van der Waals surface area (Å²) in [5, 5.41) is 0.629. The van der Waals surface area contributed by atoms with Crippen molar-refractivity contribution in [2.75, 3.05) is 10.5 Å². The Bertz CT molecular complexity index is 766. The van der Waals surface area contributed by atoms with Crippen molar-refractivity contribution in [3.63, 3.8) is 0 Å². The molecule has 0 radical (unpaired) electrons. The molecule has 0 heterocycles. The summed E-state index contributed by atoms with van der Waals surface area (Å²) in [6.45, 7) is 0. The van der Waals surface area contributed by atoms with Crippen LogP contribution >= 0.6 is 39.1 Å². The van der Waals surface area contributed by atoms with Gasteiger partial charge < -0.3 is 5.73 Å². The number of hydrogen-bond acceptors (Lipinski definition) is 3. The van der Waals surface area contributed by atoms with Gasteiger partial charge in [-0.3, -0.25) is 4.72 Å². The molecule has 0 aliphatic rings. The summed E-state index contributed by atoms with van der Waals surface area (Å²) in [6, 6.07) is 9.00. The van der Waals surface area contributed by atoms with Gasteiger partial charge in [0.1, 0.15) is 4.90 Å². The number of benzene rings is 2. The number of halogens is 3. The van der Waals surface area contributed by atoms with Crippen LogP contribution in [0.1, 0.15) is 0 Å². The molecule has 0 fully saturated rings. The van der Waals surface area contributed by atoms with Crippen molar-refractivity contribution >= 4 is 60.5 Å². The fourth-order valence-electron chi connectivity index (χ4n) is 1.50. The molecule has 0 bridgehead atoms. The Morgan fingerprint density at radius 2 is 1.80 bits per heavy atom. The second kappa shape index (κ2) is 5.81. The van der Waals surface area contributed by atoms with Gasteiger partial charge in [-0.1, -0.05) is 23.2 Å². The number of nitrogen functional groups attached to an aromatic ring is 1. The van der Waals surface area contributed by atoms with E-state index < -0.39 is 10.0 Å². The Labute approximate surface area is 135 Å². The van der Waals surface area contributed by atoms with Crippen LogP contribution < -0.4 is 10.5 Å². The normalized spacial score (nSPS) is 11.3. The maximum atomic E-state index is 12.3. The average molecular weight is 396 g/mol. The number of nitrogens with one attached hydrogen (secondary N) is 1. The highest BCUT2D eigenvalue weighted by Crippen LogP contribution is 2.30. The molecule has 0 spiro atoms. The molecule has 0 unspecified atom stereocenters. The van der Waals surface area contributed by atoms with Gasteiger partial charge in [0, 0.05) is 15.2 Å². The van der Waals surface area contributed by atoms with E-state index in [0.29, 0.717) is 15.2 Å². The Balaban J connectivity index is 2.43. The molecule has 0 aliphatic carbocycles. The maximum Gasteiger partial charge on any atom is 0.263 e.